The first kappa shape index (κ1) is 20.6. The first-order valence-corrected chi connectivity index (χ1v) is 11.5. The molecule has 146 valence electrons. The van der Waals surface area contributed by atoms with Gasteiger partial charge >= 0.3 is 0 Å². The zero-order chi connectivity index (χ0) is 20.3. The fraction of sp³-hybridized carbons (Fsp3) is 0.111. The van der Waals surface area contributed by atoms with Crippen molar-refractivity contribution in [3.05, 3.63) is 63.5 Å². The molecular formula is C18H15Cl2N3O3S2. The molecular weight excluding hydrogens is 441 g/mol. The molecule has 0 bridgehead atoms. The van der Waals surface area contributed by atoms with Gasteiger partial charge in [-0.05, 0) is 29.8 Å². The van der Waals surface area contributed by atoms with Crippen molar-refractivity contribution in [1.29, 1.82) is 0 Å². The summed E-state index contributed by atoms with van der Waals surface area (Å²) in [4.78, 5) is 16.6. The molecule has 0 saturated heterocycles. The van der Waals surface area contributed by atoms with E-state index < -0.39 is 10.0 Å². The Kier molecular flexibility index (Phi) is 6.24. The van der Waals surface area contributed by atoms with Crippen LogP contribution in [0, 0.1) is 0 Å². The molecule has 0 radical (unpaired) electrons. The van der Waals surface area contributed by atoms with Gasteiger partial charge in [-0.1, -0.05) is 41.4 Å². The fourth-order valence-electron chi connectivity index (χ4n) is 2.39. The number of aromatic nitrogens is 1. The van der Waals surface area contributed by atoms with Gasteiger partial charge in [-0.25, -0.2) is 13.4 Å². The predicted octanol–water partition coefficient (Wildman–Crippen LogP) is 4.67. The Morgan fingerprint density at radius 1 is 1.14 bits per heavy atom. The fourth-order valence-corrected chi connectivity index (χ4v) is 4.16. The van der Waals surface area contributed by atoms with E-state index in [1.54, 1.807) is 42.5 Å². The lowest BCUT2D eigenvalue weighted by atomic mass is 10.1. The number of nitrogens with one attached hydrogen (secondary N) is 2. The minimum absolute atomic E-state index is 0.108. The maximum atomic E-state index is 12.2. The number of rotatable bonds is 6. The van der Waals surface area contributed by atoms with Gasteiger partial charge in [0.15, 0.2) is 5.13 Å². The van der Waals surface area contributed by atoms with Crippen molar-refractivity contribution < 1.29 is 13.2 Å². The molecule has 2 N–H and O–H groups in total. The lowest BCUT2D eigenvalue weighted by molar-refractivity contribution is -0.115. The van der Waals surface area contributed by atoms with Crippen LogP contribution in [0.4, 0.5) is 10.8 Å². The summed E-state index contributed by atoms with van der Waals surface area (Å²) < 4.78 is 24.9. The molecule has 0 saturated carbocycles. The van der Waals surface area contributed by atoms with Gasteiger partial charge in [0.25, 0.3) is 0 Å². The lowest BCUT2D eigenvalue weighted by Gasteiger charge is -2.05. The van der Waals surface area contributed by atoms with Crippen LogP contribution >= 0.6 is 34.5 Å². The zero-order valence-corrected chi connectivity index (χ0v) is 17.7. The van der Waals surface area contributed by atoms with Gasteiger partial charge in [-0.2, -0.15) is 0 Å². The average molecular weight is 456 g/mol. The normalized spacial score (nSPS) is 11.2. The molecule has 2 aromatic carbocycles. The van der Waals surface area contributed by atoms with E-state index in [2.05, 4.69) is 15.0 Å². The number of nitrogens with zero attached hydrogens (tertiary/aromatic N) is 1. The third kappa shape index (κ3) is 5.68. The van der Waals surface area contributed by atoms with Crippen molar-refractivity contribution >= 4 is 61.3 Å². The van der Waals surface area contributed by atoms with Crippen LogP contribution in [0.25, 0.3) is 11.3 Å². The molecule has 1 aromatic heterocycles. The van der Waals surface area contributed by atoms with Crippen LogP contribution in [-0.2, 0) is 21.2 Å². The van der Waals surface area contributed by atoms with Crippen molar-refractivity contribution in [2.45, 2.75) is 6.42 Å². The molecule has 1 amide bonds. The minimum atomic E-state index is -3.32. The molecule has 0 unspecified atom stereocenters. The van der Waals surface area contributed by atoms with Crippen LogP contribution in [0.2, 0.25) is 10.0 Å². The lowest BCUT2D eigenvalue weighted by Crippen LogP contribution is -2.14. The monoisotopic (exact) mass is 455 g/mol. The number of sulfonamides is 1. The van der Waals surface area contributed by atoms with Crippen LogP contribution < -0.4 is 10.0 Å². The number of carbonyl (C=O) groups is 1. The number of benzene rings is 2. The summed E-state index contributed by atoms with van der Waals surface area (Å²) in [6.45, 7) is 0. The number of carbonyl (C=O) groups excluding carboxylic acids is 1. The Bertz CT molecular complexity index is 1110. The van der Waals surface area contributed by atoms with Crippen LogP contribution in [0.3, 0.4) is 0 Å². The van der Waals surface area contributed by atoms with Gasteiger partial charge in [0.1, 0.15) is 0 Å². The van der Waals surface area contributed by atoms with Crippen molar-refractivity contribution in [2.75, 3.05) is 16.3 Å². The van der Waals surface area contributed by atoms with Crippen LogP contribution in [0.5, 0.6) is 0 Å². The largest absolute Gasteiger partial charge is 0.302 e. The van der Waals surface area contributed by atoms with Crippen LogP contribution in [0.15, 0.2) is 47.8 Å². The molecule has 1 heterocycles. The highest BCUT2D eigenvalue weighted by molar-refractivity contribution is 7.92. The summed E-state index contributed by atoms with van der Waals surface area (Å²) in [5.41, 5.74) is 2.62. The molecule has 0 spiro atoms. The second-order valence-corrected chi connectivity index (χ2v) is 9.40. The van der Waals surface area contributed by atoms with Crippen molar-refractivity contribution in [2.24, 2.45) is 0 Å². The van der Waals surface area contributed by atoms with E-state index in [9.17, 15) is 13.2 Å². The van der Waals surface area contributed by atoms with E-state index in [0.29, 0.717) is 32.1 Å². The first-order chi connectivity index (χ1) is 13.2. The topological polar surface area (TPSA) is 88.2 Å². The summed E-state index contributed by atoms with van der Waals surface area (Å²) in [6, 6.07) is 11.8. The molecule has 0 aliphatic heterocycles. The smallest absolute Gasteiger partial charge is 0.230 e. The Hall–Kier alpha value is -2.13. The van der Waals surface area contributed by atoms with Gasteiger partial charge < -0.3 is 5.32 Å². The quantitative estimate of drug-likeness (QED) is 0.564. The SMILES string of the molecule is CS(=O)(=O)Nc1ccc(-c2csc(NC(=O)Cc3ccc(Cl)cc3Cl)n2)cc1. The van der Waals surface area contributed by atoms with Crippen molar-refractivity contribution in [3.63, 3.8) is 0 Å². The summed E-state index contributed by atoms with van der Waals surface area (Å²) in [6.07, 6.45) is 1.20. The number of anilines is 2. The maximum Gasteiger partial charge on any atom is 0.230 e. The van der Waals surface area contributed by atoms with E-state index in [4.69, 9.17) is 23.2 Å². The van der Waals surface area contributed by atoms with Crippen LogP contribution in [-0.4, -0.2) is 25.6 Å². The van der Waals surface area contributed by atoms with Crippen LogP contribution in [0.1, 0.15) is 5.56 Å². The standard InChI is InChI=1S/C18H15Cl2N3O3S2/c1-28(25,26)23-14-6-3-11(4-7-14)16-10-27-18(21-16)22-17(24)8-12-2-5-13(19)9-15(12)20/h2-7,9-10,23H,8H2,1H3,(H,21,22,24). The maximum absolute atomic E-state index is 12.2. The summed E-state index contributed by atoms with van der Waals surface area (Å²) in [7, 11) is -3.32. The molecule has 3 aromatic rings. The summed E-state index contributed by atoms with van der Waals surface area (Å²) >= 11 is 13.2. The van der Waals surface area contributed by atoms with Gasteiger partial charge in [-0.3, -0.25) is 9.52 Å². The van der Waals surface area contributed by atoms with Gasteiger partial charge in [-0.15, -0.1) is 11.3 Å². The summed E-state index contributed by atoms with van der Waals surface area (Å²) in [5.74, 6) is -0.238. The third-order valence-corrected chi connectivity index (χ3v) is 5.55. The molecule has 6 nitrogen and oxygen atoms in total. The average Bonchev–Trinajstić information content (AvgIpc) is 3.05. The first-order valence-electron chi connectivity index (χ1n) is 7.97. The highest BCUT2D eigenvalue weighted by Crippen LogP contribution is 2.27. The van der Waals surface area contributed by atoms with Gasteiger partial charge in [0.05, 0.1) is 18.4 Å². The molecule has 0 aliphatic carbocycles. The molecule has 0 atom stereocenters. The number of thiazole rings is 1. The van der Waals surface area contributed by atoms with E-state index in [-0.39, 0.29) is 12.3 Å². The van der Waals surface area contributed by atoms with Crippen molar-refractivity contribution in [1.82, 2.24) is 4.98 Å². The Balaban J connectivity index is 1.66. The van der Waals surface area contributed by atoms with Gasteiger partial charge in [0, 0.05) is 26.7 Å². The highest BCUT2D eigenvalue weighted by atomic mass is 35.5. The Morgan fingerprint density at radius 3 is 2.50 bits per heavy atom. The third-order valence-electron chi connectivity index (χ3n) is 3.60. The van der Waals surface area contributed by atoms with Crippen molar-refractivity contribution in [3.8, 4) is 11.3 Å². The van der Waals surface area contributed by atoms with E-state index in [0.717, 1.165) is 11.8 Å². The molecule has 10 heteroatoms. The van der Waals surface area contributed by atoms with E-state index in [1.807, 2.05) is 5.38 Å². The van der Waals surface area contributed by atoms with E-state index in [1.165, 1.54) is 11.3 Å². The number of amides is 1. The minimum Gasteiger partial charge on any atom is -0.302 e. The molecule has 28 heavy (non-hydrogen) atoms. The predicted molar refractivity (Wildman–Crippen MR) is 115 cm³/mol. The molecule has 3 rings (SSSR count). The highest BCUT2D eigenvalue weighted by Gasteiger charge is 2.11. The number of halogens is 2. The number of hydrogen-bond acceptors (Lipinski definition) is 5. The molecule has 0 fully saturated rings. The Morgan fingerprint density at radius 2 is 1.86 bits per heavy atom. The van der Waals surface area contributed by atoms with E-state index >= 15 is 0 Å². The zero-order valence-electron chi connectivity index (χ0n) is 14.6. The Labute approximate surface area is 176 Å². The summed E-state index contributed by atoms with van der Waals surface area (Å²) in [5, 5.41) is 5.97. The second-order valence-electron chi connectivity index (χ2n) is 5.95. The molecule has 0 aliphatic rings. The van der Waals surface area contributed by atoms with Gasteiger partial charge in [0.2, 0.25) is 15.9 Å². The number of hydrogen-bond donors (Lipinski definition) is 2. The second kappa shape index (κ2) is 8.48.